The van der Waals surface area contributed by atoms with Crippen LogP contribution >= 0.6 is 0 Å². The van der Waals surface area contributed by atoms with Gasteiger partial charge in [0.2, 0.25) is 0 Å². The number of rotatable bonds is 4. The molecule has 0 aromatic carbocycles. The van der Waals surface area contributed by atoms with Gasteiger partial charge < -0.3 is 10.5 Å². The molecule has 88 valence electrons. The van der Waals surface area contributed by atoms with Crippen molar-refractivity contribution in [3.63, 3.8) is 0 Å². The quantitative estimate of drug-likeness (QED) is 0.709. The molecule has 2 N–H and O–H groups in total. The molecule has 2 unspecified atom stereocenters. The van der Waals surface area contributed by atoms with Crippen molar-refractivity contribution in [3.05, 3.63) is 0 Å². The van der Waals surface area contributed by atoms with Crippen molar-refractivity contribution in [2.24, 2.45) is 10.7 Å². The van der Waals surface area contributed by atoms with Crippen LogP contribution in [-0.4, -0.2) is 42.1 Å². The number of amides is 2. The number of hydrogen-bond acceptors (Lipinski definition) is 3. The van der Waals surface area contributed by atoms with Gasteiger partial charge in [-0.2, -0.15) is 4.99 Å². The Labute approximate surface area is 95.7 Å². The van der Waals surface area contributed by atoms with E-state index in [-0.39, 0.29) is 12.1 Å². The molecule has 0 radical (unpaired) electrons. The van der Waals surface area contributed by atoms with E-state index >= 15 is 0 Å². The first-order chi connectivity index (χ1) is 7.47. The number of methoxy groups -OCH3 is 1. The molecule has 1 rings (SSSR count). The van der Waals surface area contributed by atoms with Crippen molar-refractivity contribution < 1.29 is 9.53 Å². The summed E-state index contributed by atoms with van der Waals surface area (Å²) in [7, 11) is 1.60. The minimum absolute atomic E-state index is 0.302. The maximum absolute atomic E-state index is 11.7. The number of nitrogens with zero attached hydrogens (tertiary/aromatic N) is 2. The van der Waals surface area contributed by atoms with Gasteiger partial charge in [-0.15, -0.1) is 6.42 Å². The predicted molar refractivity (Wildman–Crippen MR) is 62.1 cm³/mol. The van der Waals surface area contributed by atoms with Crippen LogP contribution in [0, 0.1) is 12.3 Å². The first-order valence-electron chi connectivity index (χ1n) is 5.10. The molecule has 1 aliphatic heterocycles. The number of aliphatic imine (C=N–C) groups is 1. The lowest BCUT2D eigenvalue weighted by Gasteiger charge is -2.36. The molecule has 1 heterocycles. The number of terminal acetylenes is 1. The van der Waals surface area contributed by atoms with Crippen LogP contribution < -0.4 is 5.73 Å². The molecular formula is C11H17N3O2. The van der Waals surface area contributed by atoms with Crippen LogP contribution in [0.2, 0.25) is 0 Å². The van der Waals surface area contributed by atoms with E-state index in [1.165, 1.54) is 4.90 Å². The van der Waals surface area contributed by atoms with Gasteiger partial charge in [-0.3, -0.25) is 4.90 Å². The number of carbonyl (C=O) groups is 1. The Bertz CT molecular complexity index is 359. The van der Waals surface area contributed by atoms with Crippen LogP contribution in [0.1, 0.15) is 20.3 Å². The second kappa shape index (κ2) is 4.54. The minimum atomic E-state index is -0.640. The SMILES string of the molecule is C#CC(C)N1C(=O)N=C(N)C1(C)CCOC. The Morgan fingerprint density at radius 1 is 1.75 bits per heavy atom. The highest BCUT2D eigenvalue weighted by Crippen LogP contribution is 2.28. The molecule has 0 aromatic heterocycles. The minimum Gasteiger partial charge on any atom is -0.385 e. The third kappa shape index (κ3) is 1.89. The second-order valence-corrected chi connectivity index (χ2v) is 4.01. The van der Waals surface area contributed by atoms with Crippen LogP contribution in [0.25, 0.3) is 0 Å². The van der Waals surface area contributed by atoms with Crippen LogP contribution in [0.3, 0.4) is 0 Å². The first-order valence-corrected chi connectivity index (χ1v) is 5.10. The molecule has 16 heavy (non-hydrogen) atoms. The summed E-state index contributed by atoms with van der Waals surface area (Å²) in [5.74, 6) is 2.83. The van der Waals surface area contributed by atoms with Gasteiger partial charge in [-0.25, -0.2) is 4.79 Å². The van der Waals surface area contributed by atoms with E-state index in [1.807, 2.05) is 6.92 Å². The lowest BCUT2D eigenvalue weighted by molar-refractivity contribution is 0.123. The van der Waals surface area contributed by atoms with Crippen molar-refractivity contribution in [2.45, 2.75) is 31.8 Å². The second-order valence-electron chi connectivity index (χ2n) is 4.01. The maximum Gasteiger partial charge on any atom is 0.347 e. The summed E-state index contributed by atoms with van der Waals surface area (Å²) in [4.78, 5) is 17.0. The number of hydrogen-bond donors (Lipinski definition) is 1. The third-order valence-electron chi connectivity index (χ3n) is 2.93. The molecule has 0 saturated carbocycles. The molecule has 0 aromatic rings. The summed E-state index contributed by atoms with van der Waals surface area (Å²) < 4.78 is 5.01. The Morgan fingerprint density at radius 2 is 2.38 bits per heavy atom. The lowest BCUT2D eigenvalue weighted by atomic mass is 9.94. The molecule has 2 atom stereocenters. The molecule has 0 aliphatic carbocycles. The summed E-state index contributed by atoms with van der Waals surface area (Å²) >= 11 is 0. The number of urea groups is 1. The molecule has 2 amide bonds. The fraction of sp³-hybridized carbons (Fsp3) is 0.636. The lowest BCUT2D eigenvalue weighted by Crippen LogP contribution is -2.55. The first kappa shape index (κ1) is 12.5. The molecule has 0 spiro atoms. The molecular weight excluding hydrogens is 206 g/mol. The monoisotopic (exact) mass is 223 g/mol. The zero-order chi connectivity index (χ0) is 12.3. The highest BCUT2D eigenvalue weighted by Gasteiger charge is 2.46. The standard InChI is InChI=1S/C11H17N3O2/c1-5-8(2)14-10(15)13-9(12)11(14,3)6-7-16-4/h1,8H,6-7H2,2-4H3,(H2,12,13,15). The average molecular weight is 223 g/mol. The van der Waals surface area contributed by atoms with E-state index in [0.717, 1.165) is 0 Å². The zero-order valence-electron chi connectivity index (χ0n) is 9.86. The molecule has 0 fully saturated rings. The molecule has 0 saturated heterocycles. The van der Waals surface area contributed by atoms with E-state index in [0.29, 0.717) is 18.9 Å². The Kier molecular flexibility index (Phi) is 3.55. The normalized spacial score (nSPS) is 26.5. The fourth-order valence-corrected chi connectivity index (χ4v) is 1.83. The highest BCUT2D eigenvalue weighted by molar-refractivity contribution is 6.05. The summed E-state index contributed by atoms with van der Waals surface area (Å²) in [6.45, 7) is 4.12. The molecule has 1 aliphatic rings. The van der Waals surface area contributed by atoms with Gasteiger partial charge in [0.15, 0.2) is 0 Å². The van der Waals surface area contributed by atoms with Gasteiger partial charge in [-0.1, -0.05) is 5.92 Å². The van der Waals surface area contributed by atoms with Gasteiger partial charge in [0.1, 0.15) is 11.4 Å². The Balaban J connectivity index is 2.98. The Hall–Kier alpha value is -1.54. The predicted octanol–water partition coefficient (Wildman–Crippen LogP) is 0.596. The van der Waals surface area contributed by atoms with E-state index in [9.17, 15) is 4.79 Å². The van der Waals surface area contributed by atoms with Gasteiger partial charge in [0.25, 0.3) is 0 Å². The van der Waals surface area contributed by atoms with Crippen molar-refractivity contribution in [1.29, 1.82) is 0 Å². The zero-order valence-corrected chi connectivity index (χ0v) is 9.86. The highest BCUT2D eigenvalue weighted by atomic mass is 16.5. The summed E-state index contributed by atoms with van der Waals surface area (Å²) in [6.07, 6.45) is 5.92. The maximum atomic E-state index is 11.7. The van der Waals surface area contributed by atoms with Crippen molar-refractivity contribution in [2.75, 3.05) is 13.7 Å². The topological polar surface area (TPSA) is 67.9 Å². The van der Waals surface area contributed by atoms with E-state index in [1.54, 1.807) is 14.0 Å². The van der Waals surface area contributed by atoms with Crippen LogP contribution in [0.4, 0.5) is 4.79 Å². The molecule has 0 bridgehead atoms. The average Bonchev–Trinajstić information content (AvgIpc) is 2.47. The van der Waals surface area contributed by atoms with Gasteiger partial charge >= 0.3 is 6.03 Å². The van der Waals surface area contributed by atoms with E-state index in [2.05, 4.69) is 10.9 Å². The third-order valence-corrected chi connectivity index (χ3v) is 2.93. The Morgan fingerprint density at radius 3 is 2.88 bits per heavy atom. The summed E-state index contributed by atoms with van der Waals surface area (Å²) in [5, 5.41) is 0. The van der Waals surface area contributed by atoms with Crippen LogP contribution in [-0.2, 0) is 4.74 Å². The van der Waals surface area contributed by atoms with Crippen molar-refractivity contribution >= 4 is 11.9 Å². The van der Waals surface area contributed by atoms with Gasteiger partial charge in [-0.05, 0) is 13.8 Å². The van der Waals surface area contributed by atoms with Crippen LogP contribution in [0.15, 0.2) is 4.99 Å². The number of amidine groups is 1. The number of nitrogens with two attached hydrogens (primary N) is 1. The smallest absolute Gasteiger partial charge is 0.347 e. The number of carbonyl (C=O) groups excluding carboxylic acids is 1. The fourth-order valence-electron chi connectivity index (χ4n) is 1.83. The van der Waals surface area contributed by atoms with E-state index in [4.69, 9.17) is 16.9 Å². The van der Waals surface area contributed by atoms with Crippen molar-refractivity contribution in [3.8, 4) is 12.3 Å². The van der Waals surface area contributed by atoms with Gasteiger partial charge in [0, 0.05) is 20.1 Å². The van der Waals surface area contributed by atoms with Crippen LogP contribution in [0.5, 0.6) is 0 Å². The number of ether oxygens (including phenoxy) is 1. The summed E-state index contributed by atoms with van der Waals surface area (Å²) in [6, 6.07) is -0.708. The molecule has 5 heteroatoms. The van der Waals surface area contributed by atoms with Gasteiger partial charge in [0.05, 0.1) is 6.04 Å². The largest absolute Gasteiger partial charge is 0.385 e. The molecule has 5 nitrogen and oxygen atoms in total. The van der Waals surface area contributed by atoms with Crippen molar-refractivity contribution in [1.82, 2.24) is 4.90 Å². The van der Waals surface area contributed by atoms with E-state index < -0.39 is 5.54 Å². The summed E-state index contributed by atoms with van der Waals surface area (Å²) in [5.41, 5.74) is 5.15.